The van der Waals surface area contributed by atoms with Gasteiger partial charge in [-0.3, -0.25) is 0 Å². The molecule has 0 aliphatic heterocycles. The molecule has 1 aliphatic rings. The minimum absolute atomic E-state index is 1.32. The fraction of sp³-hybridized carbons (Fsp3) is 0.700. The zero-order valence-corrected chi connectivity index (χ0v) is 7.34. The molecule has 0 fully saturated rings. The van der Waals surface area contributed by atoms with Crippen LogP contribution in [0.15, 0.2) is 12.2 Å². The second-order valence-corrected chi connectivity index (χ2v) is 2.69. The Hall–Kier alpha value is -0.770. The molecule has 0 saturated carbocycles. The van der Waals surface area contributed by atoms with Crippen molar-refractivity contribution in [1.82, 2.24) is 0 Å². The number of nitriles is 1. The van der Waals surface area contributed by atoms with Gasteiger partial charge < -0.3 is 0 Å². The van der Waals surface area contributed by atoms with Gasteiger partial charge in [-0.1, -0.05) is 25.0 Å². The minimum atomic E-state index is 1.32. The van der Waals surface area contributed by atoms with E-state index in [2.05, 4.69) is 12.2 Å². The van der Waals surface area contributed by atoms with Crippen LogP contribution in [0, 0.1) is 11.3 Å². The highest BCUT2D eigenvalue weighted by Gasteiger charge is 1.89. The van der Waals surface area contributed by atoms with Crippen LogP contribution in [0.25, 0.3) is 0 Å². The van der Waals surface area contributed by atoms with E-state index >= 15 is 0 Å². The second kappa shape index (κ2) is 9.23. The molecule has 62 valence electrons. The van der Waals surface area contributed by atoms with E-state index in [0.717, 1.165) is 0 Å². The number of hydrogen-bond donors (Lipinski definition) is 0. The molecule has 0 aromatic heterocycles. The quantitative estimate of drug-likeness (QED) is 0.486. The molecule has 0 atom stereocenters. The van der Waals surface area contributed by atoms with Crippen LogP contribution in [-0.4, -0.2) is 0 Å². The summed E-state index contributed by atoms with van der Waals surface area (Å²) >= 11 is 0. The van der Waals surface area contributed by atoms with Crippen molar-refractivity contribution in [2.75, 3.05) is 0 Å². The van der Waals surface area contributed by atoms with Gasteiger partial charge in [-0.15, -0.1) is 0 Å². The van der Waals surface area contributed by atoms with Crippen LogP contribution in [0.4, 0.5) is 0 Å². The van der Waals surface area contributed by atoms with E-state index in [1.807, 2.05) is 0 Å². The average molecular weight is 151 g/mol. The Labute approximate surface area is 69.7 Å². The molecule has 0 bridgehead atoms. The van der Waals surface area contributed by atoms with Crippen LogP contribution in [-0.2, 0) is 0 Å². The van der Waals surface area contributed by atoms with Crippen molar-refractivity contribution in [1.29, 1.82) is 5.26 Å². The lowest BCUT2D eigenvalue weighted by Gasteiger charge is -2.00. The Bertz CT molecular complexity index is 120. The highest BCUT2D eigenvalue weighted by Crippen LogP contribution is 2.09. The smallest absolute Gasteiger partial charge is 0.0587 e. The van der Waals surface area contributed by atoms with Crippen molar-refractivity contribution in [2.45, 2.75) is 45.4 Å². The summed E-state index contributed by atoms with van der Waals surface area (Å²) in [7, 11) is 0. The Balaban J connectivity index is 0.000000292. The van der Waals surface area contributed by atoms with E-state index in [1.165, 1.54) is 45.4 Å². The van der Waals surface area contributed by atoms with E-state index in [4.69, 9.17) is 5.26 Å². The minimum Gasteiger partial charge on any atom is -0.199 e. The van der Waals surface area contributed by atoms with Crippen LogP contribution in [0.1, 0.15) is 45.4 Å². The Morgan fingerprint density at radius 3 is 1.73 bits per heavy atom. The number of nitrogens with zero attached hydrogens (tertiary/aromatic N) is 1. The van der Waals surface area contributed by atoms with Crippen molar-refractivity contribution >= 4 is 0 Å². The first-order valence-electron chi connectivity index (χ1n) is 4.37. The van der Waals surface area contributed by atoms with Gasteiger partial charge in [0, 0.05) is 6.92 Å². The topological polar surface area (TPSA) is 23.8 Å². The standard InChI is InChI=1S/C8H14.C2H3N/c1-2-4-6-8-7-5-3-1;1-2-3/h1-2H,3-8H2;1H3. The fourth-order valence-electron chi connectivity index (χ4n) is 1.11. The van der Waals surface area contributed by atoms with E-state index in [-0.39, 0.29) is 0 Å². The summed E-state index contributed by atoms with van der Waals surface area (Å²) in [6.45, 7) is 1.43. The largest absolute Gasteiger partial charge is 0.199 e. The van der Waals surface area contributed by atoms with Crippen LogP contribution in [0.2, 0.25) is 0 Å². The van der Waals surface area contributed by atoms with Crippen molar-refractivity contribution < 1.29 is 0 Å². The van der Waals surface area contributed by atoms with E-state index in [9.17, 15) is 0 Å². The van der Waals surface area contributed by atoms with Gasteiger partial charge >= 0.3 is 0 Å². The van der Waals surface area contributed by atoms with Gasteiger partial charge in [-0.05, 0) is 25.7 Å². The van der Waals surface area contributed by atoms with E-state index in [0.29, 0.717) is 0 Å². The molecule has 0 heterocycles. The molecule has 0 aromatic carbocycles. The van der Waals surface area contributed by atoms with Gasteiger partial charge in [0.15, 0.2) is 0 Å². The average Bonchev–Trinajstić information content (AvgIpc) is 1.86. The predicted octanol–water partition coefficient (Wildman–Crippen LogP) is 3.43. The lowest BCUT2D eigenvalue weighted by atomic mass is 10.1. The van der Waals surface area contributed by atoms with Gasteiger partial charge in [-0.2, -0.15) is 5.26 Å². The van der Waals surface area contributed by atoms with Crippen molar-refractivity contribution in [3.8, 4) is 6.07 Å². The maximum Gasteiger partial charge on any atom is 0.0587 e. The number of hydrogen-bond acceptors (Lipinski definition) is 1. The molecular formula is C10H17N. The lowest BCUT2D eigenvalue weighted by Crippen LogP contribution is -1.80. The van der Waals surface area contributed by atoms with Crippen LogP contribution in [0.3, 0.4) is 0 Å². The highest BCUT2D eigenvalue weighted by molar-refractivity contribution is 4.82. The normalized spacial score (nSPS) is 16.7. The van der Waals surface area contributed by atoms with Gasteiger partial charge in [0.1, 0.15) is 0 Å². The molecule has 0 radical (unpaired) electrons. The molecule has 0 unspecified atom stereocenters. The first kappa shape index (κ1) is 10.2. The molecular weight excluding hydrogens is 134 g/mol. The monoisotopic (exact) mass is 151 g/mol. The van der Waals surface area contributed by atoms with Gasteiger partial charge in [-0.25, -0.2) is 0 Å². The third-order valence-corrected chi connectivity index (χ3v) is 1.66. The van der Waals surface area contributed by atoms with Crippen molar-refractivity contribution in [2.24, 2.45) is 0 Å². The molecule has 1 aliphatic carbocycles. The summed E-state index contributed by atoms with van der Waals surface area (Å²) in [4.78, 5) is 0. The third-order valence-electron chi connectivity index (χ3n) is 1.66. The highest BCUT2D eigenvalue weighted by atomic mass is 14.2. The SMILES string of the molecule is C1=CCCCCCC1.CC#N. The van der Waals surface area contributed by atoms with E-state index in [1.54, 1.807) is 6.07 Å². The third kappa shape index (κ3) is 9.23. The summed E-state index contributed by atoms with van der Waals surface area (Å²) in [6, 6.07) is 1.75. The summed E-state index contributed by atoms with van der Waals surface area (Å²) in [5.74, 6) is 0. The predicted molar refractivity (Wildman–Crippen MR) is 48.1 cm³/mol. The molecule has 1 heteroatoms. The summed E-state index contributed by atoms with van der Waals surface area (Å²) in [5, 5.41) is 7.32. The Morgan fingerprint density at radius 1 is 1.00 bits per heavy atom. The molecule has 0 amide bonds. The zero-order valence-electron chi connectivity index (χ0n) is 7.34. The number of rotatable bonds is 0. The maximum atomic E-state index is 7.32. The Kier molecular flexibility index (Phi) is 8.58. The first-order chi connectivity index (χ1) is 5.41. The van der Waals surface area contributed by atoms with Gasteiger partial charge in [0.2, 0.25) is 0 Å². The molecule has 0 aromatic rings. The van der Waals surface area contributed by atoms with E-state index < -0.39 is 0 Å². The molecule has 1 rings (SSSR count). The second-order valence-electron chi connectivity index (χ2n) is 2.69. The fourth-order valence-corrected chi connectivity index (χ4v) is 1.11. The van der Waals surface area contributed by atoms with Crippen molar-refractivity contribution in [3.05, 3.63) is 12.2 Å². The first-order valence-corrected chi connectivity index (χ1v) is 4.37. The lowest BCUT2D eigenvalue weighted by molar-refractivity contribution is 0.638. The zero-order chi connectivity index (χ0) is 8.36. The Morgan fingerprint density at radius 2 is 1.36 bits per heavy atom. The summed E-state index contributed by atoms with van der Waals surface area (Å²) in [6.07, 6.45) is 13.0. The van der Waals surface area contributed by atoms with Gasteiger partial charge in [0.05, 0.1) is 6.07 Å². The van der Waals surface area contributed by atoms with Crippen molar-refractivity contribution in [3.63, 3.8) is 0 Å². The summed E-state index contributed by atoms with van der Waals surface area (Å²) in [5.41, 5.74) is 0. The summed E-state index contributed by atoms with van der Waals surface area (Å²) < 4.78 is 0. The van der Waals surface area contributed by atoms with Crippen LogP contribution < -0.4 is 0 Å². The molecule has 1 nitrogen and oxygen atoms in total. The molecule has 0 N–H and O–H groups in total. The number of allylic oxidation sites excluding steroid dienone is 2. The van der Waals surface area contributed by atoms with Crippen LogP contribution in [0.5, 0.6) is 0 Å². The van der Waals surface area contributed by atoms with Gasteiger partial charge in [0.25, 0.3) is 0 Å². The van der Waals surface area contributed by atoms with Crippen LogP contribution >= 0.6 is 0 Å². The molecule has 11 heavy (non-hydrogen) atoms. The molecule has 0 spiro atoms. The maximum absolute atomic E-state index is 7.32. The molecule has 0 saturated heterocycles.